The van der Waals surface area contributed by atoms with Crippen molar-refractivity contribution < 1.29 is 23.5 Å². The highest BCUT2D eigenvalue weighted by molar-refractivity contribution is 5.85. The number of ether oxygens (including phenoxy) is 3. The molecule has 5 rings (SSSR count). The molecule has 3 aromatic rings. The van der Waals surface area contributed by atoms with Gasteiger partial charge < -0.3 is 18.7 Å². The molecule has 5 nitrogen and oxygen atoms in total. The van der Waals surface area contributed by atoms with Gasteiger partial charge in [-0.15, -0.1) is 0 Å². The van der Waals surface area contributed by atoms with Crippen molar-refractivity contribution in [1.29, 1.82) is 0 Å². The third kappa shape index (κ3) is 4.66. The first-order valence-corrected chi connectivity index (χ1v) is 12.1. The fourth-order valence-corrected chi connectivity index (χ4v) is 5.17. The maximum atomic E-state index is 13.4. The van der Waals surface area contributed by atoms with Gasteiger partial charge in [-0.05, 0) is 30.7 Å². The number of esters is 1. The summed E-state index contributed by atoms with van der Waals surface area (Å²) in [6.07, 6.45) is 1.77. The number of benzene rings is 3. The van der Waals surface area contributed by atoms with Gasteiger partial charge in [0.1, 0.15) is 29.7 Å². The Balaban J connectivity index is 1.19. The second-order valence-corrected chi connectivity index (χ2v) is 9.68. The molecule has 2 aliphatic rings. The number of fused-ring (bicyclic) bond motifs is 2. The molecule has 0 saturated carbocycles. The number of carbonyl (C=O) groups is 1. The average Bonchev–Trinajstić information content (AvgIpc) is 3.21. The van der Waals surface area contributed by atoms with Crippen molar-refractivity contribution in [2.45, 2.75) is 31.8 Å². The van der Waals surface area contributed by atoms with E-state index in [9.17, 15) is 4.79 Å². The van der Waals surface area contributed by atoms with E-state index in [4.69, 9.17) is 14.2 Å². The van der Waals surface area contributed by atoms with Crippen molar-refractivity contribution in [3.63, 3.8) is 0 Å². The first-order valence-electron chi connectivity index (χ1n) is 12.1. The van der Waals surface area contributed by atoms with Crippen molar-refractivity contribution in [2.75, 3.05) is 33.3 Å². The summed E-state index contributed by atoms with van der Waals surface area (Å²) in [6.45, 7) is 5.60. The fourth-order valence-electron chi connectivity index (χ4n) is 5.17. The zero-order valence-corrected chi connectivity index (χ0v) is 19.9. The summed E-state index contributed by atoms with van der Waals surface area (Å²) in [6, 6.07) is 23.6. The number of nitrogens with zero attached hydrogens (tertiary/aromatic N) is 1. The van der Waals surface area contributed by atoms with Gasteiger partial charge in [0.05, 0.1) is 26.7 Å². The molecule has 5 heteroatoms. The second kappa shape index (κ2) is 9.51. The maximum Gasteiger partial charge on any atom is 0.318 e. The van der Waals surface area contributed by atoms with Crippen LogP contribution in [0.4, 0.5) is 0 Å². The van der Waals surface area contributed by atoms with E-state index in [1.165, 1.54) is 0 Å². The Kier molecular flexibility index (Phi) is 6.29. The minimum absolute atomic E-state index is 0.0723. The Bertz CT molecular complexity index is 1130. The SMILES string of the molecule is Cc1ccccc1OCCC[N@@+]1(C)CCC(OC(=O)C2c3ccccc3Oc3ccccc32)C1. The average molecular weight is 459 g/mol. The Hall–Kier alpha value is -3.31. The van der Waals surface area contributed by atoms with Crippen LogP contribution >= 0.6 is 0 Å². The lowest BCUT2D eigenvalue weighted by Gasteiger charge is -2.30. The van der Waals surface area contributed by atoms with Gasteiger partial charge in [0.2, 0.25) is 0 Å². The molecule has 2 atom stereocenters. The highest BCUT2D eigenvalue weighted by Gasteiger charge is 2.40. The first-order chi connectivity index (χ1) is 16.5. The predicted octanol–water partition coefficient (Wildman–Crippen LogP) is 5.46. The summed E-state index contributed by atoms with van der Waals surface area (Å²) in [5.74, 6) is 1.76. The Morgan fingerprint density at radius 1 is 0.971 bits per heavy atom. The molecule has 0 aromatic heterocycles. The molecule has 176 valence electrons. The molecule has 2 heterocycles. The Morgan fingerprint density at radius 2 is 1.62 bits per heavy atom. The van der Waals surface area contributed by atoms with Gasteiger partial charge in [0, 0.05) is 24.0 Å². The number of carbonyl (C=O) groups excluding carboxylic acids is 1. The number of hydrogen-bond donors (Lipinski definition) is 0. The maximum absolute atomic E-state index is 13.4. The lowest BCUT2D eigenvalue weighted by molar-refractivity contribution is -0.899. The Labute approximate surface area is 201 Å². The molecule has 0 aliphatic carbocycles. The van der Waals surface area contributed by atoms with Crippen LogP contribution in [0.1, 0.15) is 35.4 Å². The summed E-state index contributed by atoms with van der Waals surface area (Å²) < 4.78 is 19.0. The molecule has 3 aromatic carbocycles. The monoisotopic (exact) mass is 458 g/mol. The van der Waals surface area contributed by atoms with E-state index in [1.807, 2.05) is 66.7 Å². The van der Waals surface area contributed by atoms with Crippen LogP contribution in [0.25, 0.3) is 0 Å². The lowest BCUT2D eigenvalue weighted by atomic mass is 9.88. The number of rotatable bonds is 7. The van der Waals surface area contributed by atoms with Gasteiger partial charge in [-0.2, -0.15) is 0 Å². The van der Waals surface area contributed by atoms with Crippen LogP contribution in [-0.2, 0) is 9.53 Å². The van der Waals surface area contributed by atoms with Gasteiger partial charge in [0.25, 0.3) is 0 Å². The Morgan fingerprint density at radius 3 is 2.32 bits per heavy atom. The summed E-state index contributed by atoms with van der Waals surface area (Å²) in [7, 11) is 2.25. The van der Waals surface area contributed by atoms with Crippen LogP contribution in [0.15, 0.2) is 72.8 Å². The molecule has 0 bridgehead atoms. The molecule has 0 spiro atoms. The molecule has 0 radical (unpaired) electrons. The zero-order valence-electron chi connectivity index (χ0n) is 19.9. The smallest absolute Gasteiger partial charge is 0.318 e. The zero-order chi connectivity index (χ0) is 23.5. The van der Waals surface area contributed by atoms with Crippen LogP contribution in [0, 0.1) is 6.92 Å². The van der Waals surface area contributed by atoms with Gasteiger partial charge in [-0.1, -0.05) is 54.6 Å². The second-order valence-electron chi connectivity index (χ2n) is 9.68. The molecule has 1 unspecified atom stereocenters. The lowest BCUT2D eigenvalue weighted by Crippen LogP contribution is -2.44. The van der Waals surface area contributed by atoms with E-state index in [0.29, 0.717) is 6.61 Å². The van der Waals surface area contributed by atoms with Gasteiger partial charge in [-0.25, -0.2) is 0 Å². The number of likely N-dealkylation sites (tertiary alicyclic amines) is 1. The number of quaternary nitrogens is 1. The van der Waals surface area contributed by atoms with Crippen LogP contribution in [-0.4, -0.2) is 49.8 Å². The molecular formula is C29H32NO4+. The third-order valence-corrected chi connectivity index (χ3v) is 7.03. The molecule has 34 heavy (non-hydrogen) atoms. The topological polar surface area (TPSA) is 44.8 Å². The molecule has 1 saturated heterocycles. The summed E-state index contributed by atoms with van der Waals surface area (Å²) in [4.78, 5) is 13.4. The first kappa shape index (κ1) is 22.5. The highest BCUT2D eigenvalue weighted by atomic mass is 16.5. The van der Waals surface area contributed by atoms with Crippen molar-refractivity contribution in [3.05, 3.63) is 89.5 Å². The molecule has 0 amide bonds. The molecular weight excluding hydrogens is 426 g/mol. The summed E-state index contributed by atoms with van der Waals surface area (Å²) in [5.41, 5.74) is 2.90. The number of likely N-dealkylation sites (N-methyl/N-ethyl adjacent to an activating group) is 1. The van der Waals surface area contributed by atoms with Crippen molar-refractivity contribution >= 4 is 5.97 Å². The van der Waals surface area contributed by atoms with Gasteiger partial charge in [-0.3, -0.25) is 4.79 Å². The van der Waals surface area contributed by atoms with E-state index in [-0.39, 0.29) is 12.1 Å². The van der Waals surface area contributed by atoms with Crippen LogP contribution < -0.4 is 9.47 Å². The number of aryl methyl sites for hydroxylation is 1. The van der Waals surface area contributed by atoms with Crippen LogP contribution in [0.3, 0.4) is 0 Å². The van der Waals surface area contributed by atoms with E-state index in [2.05, 4.69) is 20.0 Å². The van der Waals surface area contributed by atoms with E-state index in [1.54, 1.807) is 0 Å². The van der Waals surface area contributed by atoms with Crippen LogP contribution in [0.5, 0.6) is 17.2 Å². The molecule has 2 aliphatic heterocycles. The third-order valence-electron chi connectivity index (χ3n) is 7.03. The molecule has 0 N–H and O–H groups in total. The van der Waals surface area contributed by atoms with E-state index >= 15 is 0 Å². The van der Waals surface area contributed by atoms with E-state index < -0.39 is 5.92 Å². The van der Waals surface area contributed by atoms with Crippen molar-refractivity contribution in [1.82, 2.24) is 0 Å². The minimum atomic E-state index is -0.456. The number of hydrogen-bond acceptors (Lipinski definition) is 4. The summed E-state index contributed by atoms with van der Waals surface area (Å²) >= 11 is 0. The highest BCUT2D eigenvalue weighted by Crippen LogP contribution is 2.44. The fraction of sp³-hybridized carbons (Fsp3) is 0.345. The quantitative estimate of drug-likeness (QED) is 0.268. The normalized spacial score (nSPS) is 21.3. The summed E-state index contributed by atoms with van der Waals surface area (Å²) in [5, 5.41) is 0. The standard InChI is InChI=1S/C29H32NO4/c1-21-10-3-6-13-25(21)32-19-9-17-30(2)18-16-22(20-30)33-29(31)28-23-11-4-7-14-26(23)34-27-15-8-5-12-24(27)28/h3-8,10-15,22,28H,9,16-20H2,1-2H3/q+1/t22?,30-/m0/s1. The largest absolute Gasteiger partial charge is 0.493 e. The van der Waals surface area contributed by atoms with Gasteiger partial charge >= 0.3 is 5.97 Å². The predicted molar refractivity (Wildman–Crippen MR) is 131 cm³/mol. The van der Waals surface area contributed by atoms with Crippen LogP contribution in [0.2, 0.25) is 0 Å². The van der Waals surface area contributed by atoms with Crippen molar-refractivity contribution in [2.24, 2.45) is 0 Å². The van der Waals surface area contributed by atoms with Gasteiger partial charge in [0.15, 0.2) is 6.10 Å². The minimum Gasteiger partial charge on any atom is -0.493 e. The van der Waals surface area contributed by atoms with E-state index in [0.717, 1.165) is 70.9 Å². The molecule has 1 fully saturated rings. The van der Waals surface area contributed by atoms with Crippen molar-refractivity contribution in [3.8, 4) is 17.2 Å². The number of para-hydroxylation sites is 3.